The Bertz CT molecular complexity index is 1860. The van der Waals surface area contributed by atoms with Crippen LogP contribution >= 0.6 is 11.6 Å². The van der Waals surface area contributed by atoms with Crippen molar-refractivity contribution in [2.24, 2.45) is 0 Å². The predicted molar refractivity (Wildman–Crippen MR) is 241 cm³/mol. The van der Waals surface area contributed by atoms with Crippen LogP contribution in [0.15, 0.2) is 70.4 Å². The lowest BCUT2D eigenvalue weighted by molar-refractivity contribution is -0.438. The molecule has 0 aromatic heterocycles. The van der Waals surface area contributed by atoms with Crippen molar-refractivity contribution in [3.63, 3.8) is 0 Å². The first-order valence-corrected chi connectivity index (χ1v) is 22.3. The zero-order valence-electron chi connectivity index (χ0n) is 37.0. The van der Waals surface area contributed by atoms with E-state index in [-0.39, 0.29) is 10.8 Å². The summed E-state index contributed by atoms with van der Waals surface area (Å²) in [6.07, 6.45) is 27.4. The van der Waals surface area contributed by atoms with E-state index in [4.69, 9.17) is 30.5 Å². The maximum atomic E-state index is 7.39. The quantitative estimate of drug-likeness (QED) is 0.0929. The molecule has 2 aromatic rings. The normalized spacial score (nSPS) is 18.6. The molecule has 0 unspecified atom stereocenters. The van der Waals surface area contributed by atoms with E-state index in [0.29, 0.717) is 0 Å². The summed E-state index contributed by atoms with van der Waals surface area (Å²) < 4.78 is 25.7. The van der Waals surface area contributed by atoms with Crippen molar-refractivity contribution in [3.05, 3.63) is 81.6 Å². The van der Waals surface area contributed by atoms with E-state index in [9.17, 15) is 0 Å². The van der Waals surface area contributed by atoms with Gasteiger partial charge in [0.2, 0.25) is 5.69 Å². The molecule has 0 bridgehead atoms. The fourth-order valence-corrected chi connectivity index (χ4v) is 9.46. The molecule has 7 heteroatoms. The van der Waals surface area contributed by atoms with Gasteiger partial charge in [-0.15, -0.1) is 0 Å². The van der Waals surface area contributed by atoms with Crippen LogP contribution in [-0.2, 0) is 10.8 Å². The molecule has 0 atom stereocenters. The van der Waals surface area contributed by atoms with E-state index in [1.807, 2.05) is 0 Å². The molecule has 0 radical (unpaired) electrons. The predicted octanol–water partition coefficient (Wildman–Crippen LogP) is 13.7. The summed E-state index contributed by atoms with van der Waals surface area (Å²) in [6.45, 7) is 15.8. The molecule has 0 amide bonds. The number of hydrogen-bond donors (Lipinski definition) is 0. The summed E-state index contributed by atoms with van der Waals surface area (Å²) in [7, 11) is 6.88. The third-order valence-corrected chi connectivity index (χ3v) is 13.1. The van der Waals surface area contributed by atoms with Gasteiger partial charge >= 0.3 is 0 Å². The van der Waals surface area contributed by atoms with Crippen molar-refractivity contribution < 1.29 is 23.5 Å². The minimum Gasteiger partial charge on any atom is -0.493 e. The highest BCUT2D eigenvalue weighted by molar-refractivity contribution is 6.32. The number of rotatable bonds is 21. The number of halogens is 1. The number of fused-ring (bicyclic) bond motifs is 2. The molecule has 0 fully saturated rings. The number of ether oxygens (including phenoxy) is 4. The van der Waals surface area contributed by atoms with E-state index >= 15 is 0 Å². The molecule has 57 heavy (non-hydrogen) atoms. The topological polar surface area (TPSA) is 43.2 Å². The van der Waals surface area contributed by atoms with Gasteiger partial charge in [0.1, 0.15) is 6.54 Å². The molecule has 0 N–H and O–H groups in total. The first kappa shape index (κ1) is 44.5. The smallest absolute Gasteiger partial charge is 0.213 e. The molecular weight excluding hydrogens is 728 g/mol. The highest BCUT2D eigenvalue weighted by atomic mass is 35.5. The lowest BCUT2D eigenvalue weighted by Gasteiger charge is -2.27. The van der Waals surface area contributed by atoms with Crippen molar-refractivity contribution >= 4 is 28.7 Å². The van der Waals surface area contributed by atoms with Gasteiger partial charge in [0.05, 0.1) is 39.9 Å². The Morgan fingerprint density at radius 3 is 1.84 bits per heavy atom. The van der Waals surface area contributed by atoms with Crippen molar-refractivity contribution in [2.45, 2.75) is 149 Å². The van der Waals surface area contributed by atoms with E-state index in [0.717, 1.165) is 73.2 Å². The van der Waals surface area contributed by atoms with Crippen molar-refractivity contribution in [3.8, 4) is 23.0 Å². The van der Waals surface area contributed by atoms with Crippen LogP contribution in [0.25, 0.3) is 0 Å². The molecule has 0 spiro atoms. The Labute approximate surface area is 350 Å². The number of benzene rings is 2. The summed E-state index contributed by atoms with van der Waals surface area (Å²) in [4.78, 5) is 2.52. The zero-order valence-corrected chi connectivity index (χ0v) is 37.8. The van der Waals surface area contributed by atoms with E-state index in [1.54, 1.807) is 28.4 Å². The summed E-state index contributed by atoms with van der Waals surface area (Å²) in [5.41, 5.74) is 9.51. The maximum Gasteiger partial charge on any atom is 0.213 e. The number of nitrogens with zero attached hydrogens (tertiary/aromatic N) is 2. The van der Waals surface area contributed by atoms with Crippen LogP contribution in [-0.4, -0.2) is 51.8 Å². The number of anilines is 1. The molecule has 2 aromatic carbocycles. The van der Waals surface area contributed by atoms with Crippen molar-refractivity contribution in [1.82, 2.24) is 0 Å². The second-order valence-corrected chi connectivity index (χ2v) is 17.6. The summed E-state index contributed by atoms with van der Waals surface area (Å²) in [6, 6.07) is 8.68. The van der Waals surface area contributed by atoms with Crippen molar-refractivity contribution in [2.75, 3.05) is 46.4 Å². The molecule has 0 saturated heterocycles. The fourth-order valence-electron chi connectivity index (χ4n) is 9.14. The summed E-state index contributed by atoms with van der Waals surface area (Å²) >= 11 is 7.39. The Balaban J connectivity index is 1.48. The van der Waals surface area contributed by atoms with Crippen LogP contribution in [0, 0.1) is 0 Å². The third-order valence-electron chi connectivity index (χ3n) is 12.6. The largest absolute Gasteiger partial charge is 0.493 e. The molecule has 1 aliphatic carbocycles. The number of allylic oxidation sites excluding steroid dienone is 8. The van der Waals surface area contributed by atoms with Gasteiger partial charge in [-0.2, -0.15) is 4.58 Å². The van der Waals surface area contributed by atoms with Gasteiger partial charge in [-0.25, -0.2) is 0 Å². The first-order chi connectivity index (χ1) is 27.5. The minimum atomic E-state index is -0.216. The molecule has 2 heterocycles. The van der Waals surface area contributed by atoms with Crippen LogP contribution in [0.3, 0.4) is 0 Å². The van der Waals surface area contributed by atoms with E-state index in [2.05, 4.69) is 99.6 Å². The lowest BCUT2D eigenvalue weighted by Crippen LogP contribution is -2.28. The average molecular weight is 801 g/mol. The SMILES string of the molecule is CCCCCCCCN1/C(=C\C=C2/CCCC(/C=C/C3=[N+](CCCCCCCC)c4cc(OC)c(OC)cc4C3(C)C)=C2Cl)C(C)(C)c2cc(OC)c(OC)cc21. The number of methoxy groups -OCH3 is 4. The number of unbranched alkanes of at least 4 members (excludes halogenated alkanes) is 10. The van der Waals surface area contributed by atoms with Crippen LogP contribution < -0.4 is 23.8 Å². The maximum absolute atomic E-state index is 7.39. The van der Waals surface area contributed by atoms with Gasteiger partial charge < -0.3 is 23.8 Å². The highest BCUT2D eigenvalue weighted by Crippen LogP contribution is 2.52. The van der Waals surface area contributed by atoms with Crippen LogP contribution in [0.4, 0.5) is 11.4 Å². The summed E-state index contributed by atoms with van der Waals surface area (Å²) in [5, 5.41) is 0.883. The lowest BCUT2D eigenvalue weighted by atomic mass is 9.81. The molecular formula is C50H72ClN2O4+. The minimum absolute atomic E-state index is 0.216. The van der Waals surface area contributed by atoms with Gasteiger partial charge in [-0.1, -0.05) is 109 Å². The average Bonchev–Trinajstić information content (AvgIpc) is 3.54. The first-order valence-electron chi connectivity index (χ1n) is 21.9. The van der Waals surface area contributed by atoms with Gasteiger partial charge in [0.25, 0.3) is 0 Å². The number of hydrogen-bond acceptors (Lipinski definition) is 5. The van der Waals surface area contributed by atoms with E-state index < -0.39 is 0 Å². The summed E-state index contributed by atoms with van der Waals surface area (Å²) in [5.74, 6) is 3.08. The van der Waals surface area contributed by atoms with Gasteiger partial charge in [-0.3, -0.25) is 0 Å². The molecule has 0 saturated carbocycles. The van der Waals surface area contributed by atoms with Crippen LogP contribution in [0.5, 0.6) is 23.0 Å². The van der Waals surface area contributed by atoms with Crippen LogP contribution in [0.1, 0.15) is 149 Å². The Morgan fingerprint density at radius 1 is 0.649 bits per heavy atom. The van der Waals surface area contributed by atoms with Crippen molar-refractivity contribution in [1.29, 1.82) is 0 Å². The molecule has 3 aliphatic rings. The second kappa shape index (κ2) is 20.4. The molecule has 5 rings (SSSR count). The molecule has 312 valence electrons. The third kappa shape index (κ3) is 9.81. The Morgan fingerprint density at radius 2 is 1.21 bits per heavy atom. The Hall–Kier alpha value is -3.64. The molecule has 2 aliphatic heterocycles. The standard InChI is InChI=1S/C50H72ClN2O4/c1-11-13-15-17-19-21-30-52-40-34-44(56-9)42(54-7)32-38(40)49(3,4)46(52)28-26-36-24-23-25-37(48(36)51)27-29-47-50(5,6)39-33-43(55-8)45(57-10)35-41(39)53(47)31-22-20-18-16-14-12-2/h26-29,32-35H,11-25,30-31H2,1-10H3/q+1. The van der Waals surface area contributed by atoms with Gasteiger partial charge in [0, 0.05) is 52.5 Å². The highest BCUT2D eigenvalue weighted by Gasteiger charge is 2.45. The second-order valence-electron chi connectivity index (χ2n) is 17.2. The fraction of sp³-hybridized carbons (Fsp3) is 0.580. The Kier molecular flexibility index (Phi) is 15.9. The van der Waals surface area contributed by atoms with Gasteiger partial charge in [-0.05, 0) is 80.9 Å². The van der Waals surface area contributed by atoms with Gasteiger partial charge in [0.15, 0.2) is 28.7 Å². The van der Waals surface area contributed by atoms with Crippen LogP contribution in [0.2, 0.25) is 0 Å². The van der Waals surface area contributed by atoms with E-state index in [1.165, 1.54) is 109 Å². The molecule has 6 nitrogen and oxygen atoms in total. The zero-order chi connectivity index (χ0) is 41.2. The monoisotopic (exact) mass is 800 g/mol.